The van der Waals surface area contributed by atoms with E-state index in [4.69, 9.17) is 0 Å². The molecule has 0 bridgehead atoms. The lowest BCUT2D eigenvalue weighted by Crippen LogP contribution is -2.29. The van der Waals surface area contributed by atoms with Gasteiger partial charge in [-0.1, -0.05) is 48.5 Å². The summed E-state index contributed by atoms with van der Waals surface area (Å²) in [5.41, 5.74) is 1.77. The molecule has 3 heterocycles. The van der Waals surface area contributed by atoms with Gasteiger partial charge in [-0.25, -0.2) is 14.6 Å². The number of nitrogens with one attached hydrogen (secondary N) is 2. The van der Waals surface area contributed by atoms with Crippen LogP contribution in [-0.2, 0) is 24.3 Å². The molecule has 0 saturated carbocycles. The van der Waals surface area contributed by atoms with Crippen LogP contribution in [0.2, 0.25) is 0 Å². The molecule has 8 heteroatoms. The molecule has 3 aromatic heterocycles. The molecule has 2 N–H and O–H groups in total. The second kappa shape index (κ2) is 9.15. The van der Waals surface area contributed by atoms with Crippen LogP contribution < -0.4 is 10.6 Å². The maximum atomic E-state index is 12.5. The highest BCUT2D eigenvalue weighted by molar-refractivity contribution is 7.09. The summed E-state index contributed by atoms with van der Waals surface area (Å²) < 4.78 is 1.80. The lowest BCUT2D eigenvalue weighted by Gasteiger charge is -2.09. The van der Waals surface area contributed by atoms with E-state index in [1.54, 1.807) is 22.2 Å². The van der Waals surface area contributed by atoms with Crippen molar-refractivity contribution >= 4 is 44.9 Å². The van der Waals surface area contributed by atoms with Gasteiger partial charge in [-0.15, -0.1) is 11.3 Å². The molecule has 0 unspecified atom stereocenters. The molecule has 0 spiro atoms. The Kier molecular flexibility index (Phi) is 5.76. The van der Waals surface area contributed by atoms with Gasteiger partial charge < -0.3 is 10.6 Å². The van der Waals surface area contributed by atoms with Crippen LogP contribution in [-0.4, -0.2) is 32.2 Å². The van der Waals surface area contributed by atoms with E-state index < -0.39 is 0 Å². The molecule has 1 amide bonds. The first kappa shape index (κ1) is 20.1. The Morgan fingerprint density at radius 3 is 2.81 bits per heavy atom. The minimum atomic E-state index is -0.00857. The van der Waals surface area contributed by atoms with Gasteiger partial charge in [-0.05, 0) is 27.8 Å². The summed E-state index contributed by atoms with van der Waals surface area (Å²) >= 11 is 1.70. The summed E-state index contributed by atoms with van der Waals surface area (Å²) in [6, 6.07) is 18.3. The van der Waals surface area contributed by atoms with Gasteiger partial charge in [0.1, 0.15) is 12.1 Å². The van der Waals surface area contributed by atoms with Gasteiger partial charge in [0.15, 0.2) is 5.65 Å². The molecular formula is C24H22N6OS. The third-order valence-electron chi connectivity index (χ3n) is 5.32. The van der Waals surface area contributed by atoms with Crippen molar-refractivity contribution in [3.8, 4) is 0 Å². The molecule has 5 aromatic rings. The summed E-state index contributed by atoms with van der Waals surface area (Å²) in [5.74, 6) is 0.750. The van der Waals surface area contributed by atoms with Crippen LogP contribution in [0.1, 0.15) is 10.4 Å². The van der Waals surface area contributed by atoms with Gasteiger partial charge in [-0.3, -0.25) is 4.79 Å². The van der Waals surface area contributed by atoms with Crippen molar-refractivity contribution in [2.75, 3.05) is 11.9 Å². The monoisotopic (exact) mass is 442 g/mol. The molecule has 0 fully saturated rings. The maximum Gasteiger partial charge on any atom is 0.224 e. The number of hydrogen-bond acceptors (Lipinski definition) is 6. The third-order valence-corrected chi connectivity index (χ3v) is 6.20. The second-order valence-corrected chi connectivity index (χ2v) is 8.46. The van der Waals surface area contributed by atoms with E-state index in [2.05, 4.69) is 55.3 Å². The van der Waals surface area contributed by atoms with E-state index in [0.29, 0.717) is 26.1 Å². The molecule has 0 radical (unpaired) electrons. The van der Waals surface area contributed by atoms with Crippen molar-refractivity contribution in [1.29, 1.82) is 0 Å². The molecule has 7 nitrogen and oxygen atoms in total. The van der Waals surface area contributed by atoms with Crippen LogP contribution in [0.25, 0.3) is 21.8 Å². The predicted octanol–water partition coefficient (Wildman–Crippen LogP) is 4.01. The standard InChI is InChI=1S/C24H22N6OS/c31-22(13-18-7-3-6-17-5-1-2-9-20(17)18)25-10-11-30-24-21(15-29-30)23(27-16-28-24)26-14-19-8-4-12-32-19/h1-9,12,15-16H,10-11,13-14H2,(H,25,31)(H,26,27,28). The number of carbonyl (C=O) groups is 1. The van der Waals surface area contributed by atoms with E-state index in [-0.39, 0.29) is 5.91 Å². The van der Waals surface area contributed by atoms with Crippen LogP contribution in [0.15, 0.2) is 72.5 Å². The third kappa shape index (κ3) is 4.31. The van der Waals surface area contributed by atoms with E-state index in [1.165, 1.54) is 11.2 Å². The summed E-state index contributed by atoms with van der Waals surface area (Å²) in [6.07, 6.45) is 3.65. The Morgan fingerprint density at radius 1 is 1.00 bits per heavy atom. The zero-order valence-electron chi connectivity index (χ0n) is 17.4. The quantitative estimate of drug-likeness (QED) is 0.379. The molecule has 2 aromatic carbocycles. The molecule has 32 heavy (non-hydrogen) atoms. The summed E-state index contributed by atoms with van der Waals surface area (Å²) in [7, 11) is 0. The molecule has 0 aliphatic heterocycles. The molecular weight excluding hydrogens is 420 g/mol. The predicted molar refractivity (Wildman–Crippen MR) is 128 cm³/mol. The van der Waals surface area contributed by atoms with E-state index in [1.807, 2.05) is 30.3 Å². The van der Waals surface area contributed by atoms with Crippen LogP contribution in [0.5, 0.6) is 0 Å². The van der Waals surface area contributed by atoms with Gasteiger partial charge in [0.25, 0.3) is 0 Å². The molecule has 0 saturated heterocycles. The Morgan fingerprint density at radius 2 is 1.91 bits per heavy atom. The van der Waals surface area contributed by atoms with Crippen molar-refractivity contribution in [2.45, 2.75) is 19.5 Å². The average molecular weight is 443 g/mol. The smallest absolute Gasteiger partial charge is 0.224 e. The highest BCUT2D eigenvalue weighted by Crippen LogP contribution is 2.21. The largest absolute Gasteiger partial charge is 0.364 e. The minimum Gasteiger partial charge on any atom is -0.364 e. The van der Waals surface area contributed by atoms with Crippen LogP contribution in [0.4, 0.5) is 5.82 Å². The number of anilines is 1. The first-order valence-electron chi connectivity index (χ1n) is 10.4. The van der Waals surface area contributed by atoms with Gasteiger partial charge in [0, 0.05) is 11.4 Å². The Hall–Kier alpha value is -3.78. The van der Waals surface area contributed by atoms with Crippen LogP contribution >= 0.6 is 11.3 Å². The lowest BCUT2D eigenvalue weighted by atomic mass is 10.0. The van der Waals surface area contributed by atoms with Gasteiger partial charge in [0.05, 0.1) is 31.1 Å². The molecule has 5 rings (SSSR count). The van der Waals surface area contributed by atoms with Gasteiger partial charge >= 0.3 is 0 Å². The average Bonchev–Trinajstić information content (AvgIpc) is 3.48. The zero-order chi connectivity index (χ0) is 21.8. The van der Waals surface area contributed by atoms with E-state index >= 15 is 0 Å². The minimum absolute atomic E-state index is 0.00857. The number of fused-ring (bicyclic) bond motifs is 2. The van der Waals surface area contributed by atoms with Crippen molar-refractivity contribution < 1.29 is 4.79 Å². The highest BCUT2D eigenvalue weighted by Gasteiger charge is 2.11. The normalized spacial score (nSPS) is 11.1. The summed E-state index contributed by atoms with van der Waals surface area (Å²) in [4.78, 5) is 22.5. The number of nitrogens with zero attached hydrogens (tertiary/aromatic N) is 4. The fourth-order valence-electron chi connectivity index (χ4n) is 3.76. The van der Waals surface area contributed by atoms with Crippen LogP contribution in [0, 0.1) is 0 Å². The van der Waals surface area contributed by atoms with Crippen molar-refractivity contribution in [1.82, 2.24) is 25.1 Å². The number of aromatic nitrogens is 4. The number of benzene rings is 2. The number of thiophene rings is 1. The fraction of sp³-hybridized carbons (Fsp3) is 0.167. The van der Waals surface area contributed by atoms with Gasteiger partial charge in [-0.2, -0.15) is 5.10 Å². The first-order valence-corrected chi connectivity index (χ1v) is 11.3. The number of carbonyl (C=O) groups excluding carboxylic acids is 1. The number of rotatable bonds is 8. The van der Waals surface area contributed by atoms with Gasteiger partial charge in [0.2, 0.25) is 5.91 Å². The maximum absolute atomic E-state index is 12.5. The van der Waals surface area contributed by atoms with Crippen molar-refractivity contribution in [2.24, 2.45) is 0 Å². The molecule has 0 aliphatic carbocycles. The van der Waals surface area contributed by atoms with Crippen LogP contribution in [0.3, 0.4) is 0 Å². The topological polar surface area (TPSA) is 84.7 Å². The summed E-state index contributed by atoms with van der Waals surface area (Å²) in [5, 5.41) is 16.0. The Balaban J connectivity index is 1.21. The van der Waals surface area contributed by atoms with Crippen molar-refractivity contribution in [3.63, 3.8) is 0 Å². The fourth-order valence-corrected chi connectivity index (χ4v) is 4.41. The summed E-state index contributed by atoms with van der Waals surface area (Å²) in [6.45, 7) is 1.72. The van der Waals surface area contributed by atoms with E-state index in [9.17, 15) is 4.79 Å². The Bertz CT molecular complexity index is 1360. The first-order chi connectivity index (χ1) is 15.8. The lowest BCUT2D eigenvalue weighted by molar-refractivity contribution is -0.120. The molecule has 0 atom stereocenters. The number of amides is 1. The van der Waals surface area contributed by atoms with Crippen molar-refractivity contribution in [3.05, 3.63) is 82.9 Å². The number of hydrogen-bond donors (Lipinski definition) is 2. The second-order valence-electron chi connectivity index (χ2n) is 7.43. The molecule has 0 aliphatic rings. The highest BCUT2D eigenvalue weighted by atomic mass is 32.1. The SMILES string of the molecule is O=C(Cc1cccc2ccccc12)NCCn1ncc2c(NCc3cccs3)ncnc21. The Labute approximate surface area is 189 Å². The van der Waals surface area contributed by atoms with E-state index in [0.717, 1.165) is 33.2 Å². The zero-order valence-corrected chi connectivity index (χ0v) is 18.2. The molecule has 160 valence electrons.